The van der Waals surface area contributed by atoms with E-state index in [0.29, 0.717) is 24.4 Å². The molecule has 21 heavy (non-hydrogen) atoms. The van der Waals surface area contributed by atoms with Crippen molar-refractivity contribution in [1.82, 2.24) is 15.6 Å². The third-order valence-electron chi connectivity index (χ3n) is 4.54. The third-order valence-corrected chi connectivity index (χ3v) is 4.54. The number of amides is 1. The van der Waals surface area contributed by atoms with Crippen LogP contribution in [0.15, 0.2) is 10.6 Å². The number of aryl methyl sites for hydroxylation is 1. The van der Waals surface area contributed by atoms with Gasteiger partial charge in [-0.1, -0.05) is 19.8 Å². The normalized spacial score (nSPS) is 27.8. The SMILES string of the molecule is CCc1cnc(CNC(=O)C2CC3CCCCC3N2)o1.Cl. The summed E-state index contributed by atoms with van der Waals surface area (Å²) in [4.78, 5) is 16.4. The molecule has 1 amide bonds. The highest BCUT2D eigenvalue weighted by Gasteiger charge is 2.38. The molecule has 1 aliphatic carbocycles. The number of aromatic nitrogens is 1. The molecule has 0 spiro atoms. The van der Waals surface area contributed by atoms with Crippen molar-refractivity contribution in [3.05, 3.63) is 17.8 Å². The number of rotatable bonds is 4. The van der Waals surface area contributed by atoms with E-state index in [1.165, 1.54) is 25.7 Å². The van der Waals surface area contributed by atoms with Crippen LogP contribution in [0.2, 0.25) is 0 Å². The molecule has 0 aromatic carbocycles. The molecule has 2 aliphatic rings. The van der Waals surface area contributed by atoms with Gasteiger partial charge in [0.15, 0.2) is 0 Å². The highest BCUT2D eigenvalue weighted by atomic mass is 35.5. The van der Waals surface area contributed by atoms with E-state index in [-0.39, 0.29) is 24.4 Å². The number of carbonyl (C=O) groups is 1. The van der Waals surface area contributed by atoms with Crippen molar-refractivity contribution in [3.8, 4) is 0 Å². The molecule has 3 unspecified atom stereocenters. The van der Waals surface area contributed by atoms with Crippen molar-refractivity contribution in [2.45, 2.75) is 64.1 Å². The fraction of sp³-hybridized carbons (Fsp3) is 0.733. The van der Waals surface area contributed by atoms with Crippen LogP contribution in [0.25, 0.3) is 0 Å². The van der Waals surface area contributed by atoms with E-state index in [1.807, 2.05) is 6.92 Å². The quantitative estimate of drug-likeness (QED) is 0.894. The van der Waals surface area contributed by atoms with Gasteiger partial charge in [0.25, 0.3) is 0 Å². The van der Waals surface area contributed by atoms with Gasteiger partial charge in [0.1, 0.15) is 5.76 Å². The van der Waals surface area contributed by atoms with Crippen molar-refractivity contribution >= 4 is 18.3 Å². The molecule has 1 aliphatic heterocycles. The first-order valence-corrected chi connectivity index (χ1v) is 7.73. The number of oxazole rings is 1. The zero-order valence-corrected chi connectivity index (χ0v) is 13.2. The number of hydrogen-bond donors (Lipinski definition) is 2. The molecule has 0 bridgehead atoms. The Labute approximate surface area is 131 Å². The van der Waals surface area contributed by atoms with Crippen LogP contribution in [0, 0.1) is 5.92 Å². The molecule has 2 N–H and O–H groups in total. The van der Waals surface area contributed by atoms with Gasteiger partial charge in [0, 0.05) is 12.5 Å². The Kier molecular flexibility index (Phi) is 5.65. The maximum atomic E-state index is 12.2. The lowest BCUT2D eigenvalue weighted by Crippen LogP contribution is -2.42. The predicted molar refractivity (Wildman–Crippen MR) is 82.3 cm³/mol. The molecule has 118 valence electrons. The Balaban J connectivity index is 0.00000161. The highest BCUT2D eigenvalue weighted by Crippen LogP contribution is 2.33. The Hall–Kier alpha value is -1.07. The van der Waals surface area contributed by atoms with E-state index in [9.17, 15) is 4.79 Å². The van der Waals surface area contributed by atoms with Gasteiger partial charge < -0.3 is 15.1 Å². The Morgan fingerprint density at radius 1 is 1.48 bits per heavy atom. The minimum atomic E-state index is -0.0382. The smallest absolute Gasteiger partial charge is 0.237 e. The van der Waals surface area contributed by atoms with Gasteiger partial charge in [-0.05, 0) is 25.2 Å². The molecule has 6 heteroatoms. The van der Waals surface area contributed by atoms with Gasteiger partial charge >= 0.3 is 0 Å². The largest absolute Gasteiger partial charge is 0.444 e. The first-order valence-electron chi connectivity index (χ1n) is 7.73. The van der Waals surface area contributed by atoms with Crippen LogP contribution in [0.3, 0.4) is 0 Å². The molecule has 0 radical (unpaired) electrons. The highest BCUT2D eigenvalue weighted by molar-refractivity contribution is 5.85. The minimum Gasteiger partial charge on any atom is -0.444 e. The predicted octanol–water partition coefficient (Wildman–Crippen LogP) is 2.20. The average Bonchev–Trinajstić information content (AvgIpc) is 3.10. The van der Waals surface area contributed by atoms with Gasteiger partial charge in [0.2, 0.25) is 11.8 Å². The number of nitrogens with zero attached hydrogens (tertiary/aromatic N) is 1. The summed E-state index contributed by atoms with van der Waals surface area (Å²) >= 11 is 0. The molecule has 3 rings (SSSR count). The van der Waals surface area contributed by atoms with Gasteiger partial charge in [-0.2, -0.15) is 0 Å². The summed E-state index contributed by atoms with van der Waals surface area (Å²) in [6, 6.07) is 0.511. The fourth-order valence-electron chi connectivity index (χ4n) is 3.40. The Bertz CT molecular complexity index is 463. The Morgan fingerprint density at radius 3 is 3.00 bits per heavy atom. The summed E-state index contributed by atoms with van der Waals surface area (Å²) in [5.74, 6) is 2.22. The van der Waals surface area contributed by atoms with E-state index < -0.39 is 0 Å². The molecule has 3 atom stereocenters. The van der Waals surface area contributed by atoms with Gasteiger partial charge in [-0.15, -0.1) is 12.4 Å². The van der Waals surface area contributed by atoms with E-state index in [0.717, 1.165) is 18.6 Å². The zero-order valence-electron chi connectivity index (χ0n) is 12.4. The first-order chi connectivity index (χ1) is 9.76. The molecule has 1 aromatic heterocycles. The summed E-state index contributed by atoms with van der Waals surface area (Å²) in [6.45, 7) is 2.40. The van der Waals surface area contributed by atoms with Gasteiger partial charge in [-0.25, -0.2) is 4.98 Å². The number of fused-ring (bicyclic) bond motifs is 1. The molecule has 2 fully saturated rings. The summed E-state index contributed by atoms with van der Waals surface area (Å²) < 4.78 is 5.49. The van der Waals surface area contributed by atoms with Crippen molar-refractivity contribution in [1.29, 1.82) is 0 Å². The molecule has 2 heterocycles. The van der Waals surface area contributed by atoms with Crippen LogP contribution >= 0.6 is 12.4 Å². The molecule has 1 saturated carbocycles. The Morgan fingerprint density at radius 2 is 2.29 bits per heavy atom. The van der Waals surface area contributed by atoms with Crippen LogP contribution in [0.5, 0.6) is 0 Å². The lowest BCUT2D eigenvalue weighted by molar-refractivity contribution is -0.123. The van der Waals surface area contributed by atoms with E-state index in [4.69, 9.17) is 4.42 Å². The second kappa shape index (κ2) is 7.27. The monoisotopic (exact) mass is 313 g/mol. The van der Waals surface area contributed by atoms with Crippen LogP contribution in [0.4, 0.5) is 0 Å². The maximum absolute atomic E-state index is 12.2. The van der Waals surface area contributed by atoms with E-state index in [2.05, 4.69) is 15.6 Å². The number of carbonyl (C=O) groups excluding carboxylic acids is 1. The second-order valence-corrected chi connectivity index (χ2v) is 5.90. The van der Waals surface area contributed by atoms with Crippen molar-refractivity contribution in [2.75, 3.05) is 0 Å². The van der Waals surface area contributed by atoms with Crippen molar-refractivity contribution in [2.24, 2.45) is 5.92 Å². The number of halogens is 1. The third kappa shape index (κ3) is 3.77. The first kappa shape index (κ1) is 16.3. The second-order valence-electron chi connectivity index (χ2n) is 5.90. The molecular formula is C15H24ClN3O2. The van der Waals surface area contributed by atoms with E-state index >= 15 is 0 Å². The maximum Gasteiger partial charge on any atom is 0.237 e. The summed E-state index contributed by atoms with van der Waals surface area (Å²) in [5.41, 5.74) is 0. The standard InChI is InChI=1S/C15H23N3O2.ClH/c1-2-11-8-16-14(20-11)9-17-15(19)13-7-10-5-3-4-6-12(10)18-13;/h8,10,12-13,18H,2-7,9H2,1H3,(H,17,19);1H. The summed E-state index contributed by atoms with van der Waals surface area (Å²) in [6.07, 6.45) is 8.61. The van der Waals surface area contributed by atoms with E-state index in [1.54, 1.807) is 6.20 Å². The van der Waals surface area contributed by atoms with Crippen LogP contribution in [-0.4, -0.2) is 23.0 Å². The van der Waals surface area contributed by atoms with Crippen LogP contribution in [0.1, 0.15) is 50.7 Å². The molecular weight excluding hydrogens is 290 g/mol. The van der Waals surface area contributed by atoms with Gasteiger partial charge in [-0.3, -0.25) is 4.79 Å². The summed E-state index contributed by atoms with van der Waals surface area (Å²) in [7, 11) is 0. The topological polar surface area (TPSA) is 67.2 Å². The molecule has 5 nitrogen and oxygen atoms in total. The van der Waals surface area contributed by atoms with Crippen molar-refractivity contribution in [3.63, 3.8) is 0 Å². The van der Waals surface area contributed by atoms with Crippen LogP contribution in [-0.2, 0) is 17.8 Å². The van der Waals surface area contributed by atoms with Gasteiger partial charge in [0.05, 0.1) is 18.8 Å². The fourth-order valence-corrected chi connectivity index (χ4v) is 3.40. The van der Waals surface area contributed by atoms with Crippen molar-refractivity contribution < 1.29 is 9.21 Å². The average molecular weight is 314 g/mol. The van der Waals surface area contributed by atoms with Crippen LogP contribution < -0.4 is 10.6 Å². The molecule has 1 saturated heterocycles. The molecule has 1 aromatic rings. The lowest BCUT2D eigenvalue weighted by Gasteiger charge is -2.24. The summed E-state index contributed by atoms with van der Waals surface area (Å²) in [5, 5.41) is 6.41. The number of hydrogen-bond acceptors (Lipinski definition) is 4. The minimum absolute atomic E-state index is 0. The zero-order chi connectivity index (χ0) is 13.9. The number of nitrogens with one attached hydrogen (secondary N) is 2. The lowest BCUT2D eigenvalue weighted by atomic mass is 9.85.